The van der Waals surface area contributed by atoms with Crippen molar-refractivity contribution < 1.29 is 14.4 Å². The van der Waals surface area contributed by atoms with Gasteiger partial charge in [-0.05, 0) is 88.8 Å². The predicted molar refractivity (Wildman–Crippen MR) is 147 cm³/mol. The SMILES string of the molecule is CCOc1ccc(C(=O)NOC(C)(C)Cc2c(CC)c(NC3CCC(N)CC3)c(C#N)c3ccnn23)cc1. The molecule has 1 aromatic carbocycles. The first-order chi connectivity index (χ1) is 18.3. The lowest BCUT2D eigenvalue weighted by molar-refractivity contribution is -0.0705. The number of ether oxygens (including phenoxy) is 1. The van der Waals surface area contributed by atoms with Gasteiger partial charge in [-0.3, -0.25) is 9.63 Å². The summed E-state index contributed by atoms with van der Waals surface area (Å²) in [6.45, 7) is 8.41. The molecule has 1 aliphatic carbocycles. The Morgan fingerprint density at radius 1 is 1.18 bits per heavy atom. The van der Waals surface area contributed by atoms with Crippen molar-refractivity contribution in [2.24, 2.45) is 5.73 Å². The zero-order valence-corrected chi connectivity index (χ0v) is 22.7. The highest BCUT2D eigenvalue weighted by Gasteiger charge is 2.29. The summed E-state index contributed by atoms with van der Waals surface area (Å²) in [5.74, 6) is 0.376. The number of anilines is 1. The number of nitriles is 1. The molecule has 4 N–H and O–H groups in total. The number of pyridine rings is 1. The highest BCUT2D eigenvalue weighted by atomic mass is 16.7. The van der Waals surface area contributed by atoms with Crippen molar-refractivity contribution in [3.05, 3.63) is 58.9 Å². The molecule has 9 heteroatoms. The summed E-state index contributed by atoms with van der Waals surface area (Å²) in [4.78, 5) is 18.7. The van der Waals surface area contributed by atoms with Crippen LogP contribution in [0.2, 0.25) is 0 Å². The van der Waals surface area contributed by atoms with Crippen LogP contribution in [0.1, 0.15) is 80.6 Å². The van der Waals surface area contributed by atoms with Gasteiger partial charge in [-0.2, -0.15) is 10.4 Å². The molecule has 0 unspecified atom stereocenters. The molecule has 0 aliphatic heterocycles. The van der Waals surface area contributed by atoms with Gasteiger partial charge >= 0.3 is 0 Å². The zero-order chi connectivity index (χ0) is 27.3. The maximum atomic E-state index is 12.7. The van der Waals surface area contributed by atoms with Crippen LogP contribution in [0.4, 0.5) is 5.69 Å². The molecule has 3 aromatic rings. The van der Waals surface area contributed by atoms with E-state index in [1.54, 1.807) is 30.5 Å². The van der Waals surface area contributed by atoms with Crippen molar-refractivity contribution in [1.82, 2.24) is 15.1 Å². The molecule has 1 saturated carbocycles. The average molecular weight is 519 g/mol. The molecule has 0 bridgehead atoms. The normalized spacial score (nSPS) is 17.7. The van der Waals surface area contributed by atoms with Gasteiger partial charge in [0.15, 0.2) is 0 Å². The third-order valence-electron chi connectivity index (χ3n) is 7.08. The lowest BCUT2D eigenvalue weighted by Gasteiger charge is -2.31. The fourth-order valence-electron chi connectivity index (χ4n) is 5.11. The topological polar surface area (TPSA) is 127 Å². The average Bonchev–Trinajstić information content (AvgIpc) is 3.39. The Kier molecular flexibility index (Phi) is 8.55. The maximum Gasteiger partial charge on any atom is 0.274 e. The van der Waals surface area contributed by atoms with Crippen molar-refractivity contribution in [2.75, 3.05) is 11.9 Å². The molecule has 0 saturated heterocycles. The lowest BCUT2D eigenvalue weighted by atomic mass is 9.90. The van der Waals surface area contributed by atoms with Crippen molar-refractivity contribution >= 4 is 17.1 Å². The van der Waals surface area contributed by atoms with Crippen LogP contribution in [0.5, 0.6) is 5.75 Å². The van der Waals surface area contributed by atoms with E-state index < -0.39 is 5.60 Å². The van der Waals surface area contributed by atoms with Crippen molar-refractivity contribution in [2.45, 2.75) is 83.9 Å². The first-order valence-electron chi connectivity index (χ1n) is 13.4. The largest absolute Gasteiger partial charge is 0.494 e. The van der Waals surface area contributed by atoms with E-state index in [2.05, 4.69) is 28.9 Å². The molecule has 1 fully saturated rings. The molecule has 0 atom stereocenters. The third-order valence-corrected chi connectivity index (χ3v) is 7.08. The van der Waals surface area contributed by atoms with Crippen LogP contribution in [0.15, 0.2) is 36.5 Å². The Labute approximate surface area is 224 Å². The Morgan fingerprint density at radius 2 is 1.89 bits per heavy atom. The van der Waals surface area contributed by atoms with E-state index in [1.165, 1.54) is 0 Å². The number of nitrogens with one attached hydrogen (secondary N) is 2. The minimum absolute atomic E-state index is 0.248. The number of hydroxylamine groups is 1. The van der Waals surface area contributed by atoms with E-state index in [0.29, 0.717) is 36.3 Å². The van der Waals surface area contributed by atoms with Gasteiger partial charge in [0, 0.05) is 24.1 Å². The molecule has 2 aromatic heterocycles. The number of carbonyl (C=O) groups excluding carboxylic acids is 1. The summed E-state index contributed by atoms with van der Waals surface area (Å²) >= 11 is 0. The number of amides is 1. The number of aromatic nitrogens is 2. The van der Waals surface area contributed by atoms with Crippen molar-refractivity contribution in [1.29, 1.82) is 5.26 Å². The van der Waals surface area contributed by atoms with Crippen molar-refractivity contribution in [3.8, 4) is 11.8 Å². The summed E-state index contributed by atoms with van der Waals surface area (Å²) in [6.07, 6.45) is 6.78. The van der Waals surface area contributed by atoms with Crippen LogP contribution in [0.25, 0.3) is 5.52 Å². The Balaban J connectivity index is 1.58. The molecule has 1 aliphatic rings. The monoisotopic (exact) mass is 518 g/mol. The minimum atomic E-state index is -0.757. The van der Waals surface area contributed by atoms with Gasteiger partial charge in [-0.15, -0.1) is 0 Å². The summed E-state index contributed by atoms with van der Waals surface area (Å²) in [7, 11) is 0. The fourth-order valence-corrected chi connectivity index (χ4v) is 5.11. The number of benzene rings is 1. The minimum Gasteiger partial charge on any atom is -0.494 e. The van der Waals surface area contributed by atoms with Crippen LogP contribution in [0, 0.1) is 11.3 Å². The fraction of sp³-hybridized carbons (Fsp3) is 0.483. The van der Waals surface area contributed by atoms with E-state index in [4.69, 9.17) is 15.3 Å². The molecule has 38 heavy (non-hydrogen) atoms. The van der Waals surface area contributed by atoms with Crippen LogP contribution in [-0.2, 0) is 17.7 Å². The Bertz CT molecular complexity index is 1300. The van der Waals surface area contributed by atoms with Gasteiger partial charge in [0.05, 0.1) is 35.3 Å². The third kappa shape index (κ3) is 6.09. The summed E-state index contributed by atoms with van der Waals surface area (Å²) in [5, 5.41) is 18.4. The van der Waals surface area contributed by atoms with Gasteiger partial charge in [0.2, 0.25) is 0 Å². The first kappa shape index (κ1) is 27.4. The smallest absolute Gasteiger partial charge is 0.274 e. The molecule has 2 heterocycles. The second-order valence-electron chi connectivity index (χ2n) is 10.5. The van der Waals surface area contributed by atoms with E-state index in [9.17, 15) is 10.1 Å². The highest BCUT2D eigenvalue weighted by Crippen LogP contribution is 2.34. The van der Waals surface area contributed by atoms with Gasteiger partial charge in [-0.1, -0.05) is 6.92 Å². The number of carbonyl (C=O) groups is 1. The standard InChI is InChI=1S/C29H38N6O3/c1-5-23-26(17-29(3,4)38-34-28(36)19-7-13-22(14-8-19)37-6-2)35-25(15-16-32-35)24(18-30)27(23)33-21-11-9-20(31)10-12-21/h7-8,13-16,20-21,33H,5-6,9-12,17,31H2,1-4H3,(H,34,36). The molecule has 202 valence electrons. The molecule has 9 nitrogen and oxygen atoms in total. The number of nitrogens with two attached hydrogens (primary N) is 1. The quantitative estimate of drug-likeness (QED) is 0.337. The molecule has 1 amide bonds. The molecular formula is C29H38N6O3. The number of nitrogens with zero attached hydrogens (tertiary/aromatic N) is 3. The van der Waals surface area contributed by atoms with Gasteiger partial charge in [0.25, 0.3) is 5.91 Å². The zero-order valence-electron chi connectivity index (χ0n) is 22.7. The van der Waals surface area contributed by atoms with Crippen molar-refractivity contribution in [3.63, 3.8) is 0 Å². The summed E-state index contributed by atoms with van der Waals surface area (Å²) in [5.41, 5.74) is 12.6. The number of fused-ring (bicyclic) bond motifs is 1. The first-order valence-corrected chi connectivity index (χ1v) is 13.4. The maximum absolute atomic E-state index is 12.7. The number of rotatable bonds is 10. The van der Waals surface area contributed by atoms with E-state index >= 15 is 0 Å². The van der Waals surface area contributed by atoms with Gasteiger partial charge in [-0.25, -0.2) is 10.00 Å². The second kappa shape index (κ2) is 11.8. The molecule has 0 radical (unpaired) electrons. The van der Waals surface area contributed by atoms with E-state index in [1.807, 2.05) is 31.4 Å². The van der Waals surface area contributed by atoms with E-state index in [-0.39, 0.29) is 18.0 Å². The Hall–Kier alpha value is -3.61. The van der Waals surface area contributed by atoms with Crippen LogP contribution in [-0.4, -0.2) is 39.8 Å². The highest BCUT2D eigenvalue weighted by molar-refractivity contribution is 5.93. The number of hydrogen-bond donors (Lipinski definition) is 3. The van der Waals surface area contributed by atoms with Crippen LogP contribution < -0.4 is 21.3 Å². The van der Waals surface area contributed by atoms with E-state index in [0.717, 1.165) is 48.1 Å². The van der Waals surface area contributed by atoms with Crippen LogP contribution in [0.3, 0.4) is 0 Å². The lowest BCUT2D eigenvalue weighted by Crippen LogP contribution is -2.38. The predicted octanol–water partition coefficient (Wildman–Crippen LogP) is 4.53. The summed E-state index contributed by atoms with van der Waals surface area (Å²) in [6, 6.07) is 11.7. The number of hydrogen-bond acceptors (Lipinski definition) is 7. The second-order valence-corrected chi connectivity index (χ2v) is 10.5. The molecule has 0 spiro atoms. The van der Waals surface area contributed by atoms with Gasteiger partial charge < -0.3 is 15.8 Å². The van der Waals surface area contributed by atoms with Crippen LogP contribution >= 0.6 is 0 Å². The summed E-state index contributed by atoms with van der Waals surface area (Å²) < 4.78 is 7.28. The molecular weight excluding hydrogens is 480 g/mol. The van der Waals surface area contributed by atoms with Gasteiger partial charge in [0.1, 0.15) is 17.4 Å². The Morgan fingerprint density at radius 3 is 2.53 bits per heavy atom. The molecule has 4 rings (SSSR count).